The van der Waals surface area contributed by atoms with Gasteiger partial charge in [0.15, 0.2) is 0 Å². The number of rotatable bonds is 6. The van der Waals surface area contributed by atoms with Gasteiger partial charge in [0.05, 0.1) is 12.0 Å². The van der Waals surface area contributed by atoms with Gasteiger partial charge in [-0.3, -0.25) is 4.79 Å². The summed E-state index contributed by atoms with van der Waals surface area (Å²) in [5.41, 5.74) is 0.0343. The van der Waals surface area contributed by atoms with Crippen molar-refractivity contribution in [3.8, 4) is 17.6 Å². The van der Waals surface area contributed by atoms with Crippen molar-refractivity contribution in [1.29, 1.82) is 5.26 Å². The van der Waals surface area contributed by atoms with Crippen LogP contribution in [0.1, 0.15) is 39.2 Å². The molecule has 2 aromatic carbocycles. The molecule has 1 N–H and O–H groups in total. The summed E-state index contributed by atoms with van der Waals surface area (Å²) in [5.74, 6) is -0.635. The maximum absolute atomic E-state index is 12.4. The van der Waals surface area contributed by atoms with Gasteiger partial charge in [-0.05, 0) is 49.1 Å². The average Bonchev–Trinajstić information content (AvgIpc) is 3.12. The number of nitriles is 1. The monoisotopic (exact) mass is 375 g/mol. The molecule has 1 aliphatic rings. The molecule has 144 valence electrons. The zero-order chi connectivity index (χ0) is 20.5. The summed E-state index contributed by atoms with van der Waals surface area (Å²) in [6.07, 6.45) is 1.99. The SMILES string of the molecule is CC(C)=CC1C(C)(C)C1(C(=O)O)C(C#N)c1cccc(Oc2ccccc2)c1. The second kappa shape index (κ2) is 7.16. The average molecular weight is 375 g/mol. The molecule has 0 heterocycles. The highest BCUT2D eigenvalue weighted by Crippen LogP contribution is 2.75. The lowest BCUT2D eigenvalue weighted by atomic mass is 9.78. The van der Waals surface area contributed by atoms with Crippen LogP contribution in [0.2, 0.25) is 0 Å². The van der Waals surface area contributed by atoms with Crippen molar-refractivity contribution in [2.75, 3.05) is 0 Å². The van der Waals surface area contributed by atoms with E-state index in [1.54, 1.807) is 12.1 Å². The molecule has 0 bridgehead atoms. The van der Waals surface area contributed by atoms with E-state index in [-0.39, 0.29) is 5.92 Å². The first-order valence-electron chi connectivity index (χ1n) is 9.36. The van der Waals surface area contributed by atoms with E-state index >= 15 is 0 Å². The third-order valence-corrected chi connectivity index (χ3v) is 5.86. The fourth-order valence-electron chi connectivity index (χ4n) is 4.42. The van der Waals surface area contributed by atoms with Crippen molar-refractivity contribution in [2.45, 2.75) is 33.6 Å². The minimum atomic E-state index is -1.16. The van der Waals surface area contributed by atoms with Gasteiger partial charge in [0.25, 0.3) is 0 Å². The Morgan fingerprint density at radius 2 is 1.79 bits per heavy atom. The molecular formula is C24H25NO3. The fourth-order valence-corrected chi connectivity index (χ4v) is 4.42. The Balaban J connectivity index is 2.01. The largest absolute Gasteiger partial charge is 0.481 e. The van der Waals surface area contributed by atoms with Crippen LogP contribution in [0.4, 0.5) is 0 Å². The molecule has 1 saturated carbocycles. The topological polar surface area (TPSA) is 70.3 Å². The van der Waals surface area contributed by atoms with Crippen LogP contribution < -0.4 is 4.74 Å². The van der Waals surface area contributed by atoms with E-state index in [0.717, 1.165) is 5.57 Å². The lowest BCUT2D eigenvalue weighted by Crippen LogP contribution is -2.28. The summed E-state index contributed by atoms with van der Waals surface area (Å²) in [6, 6.07) is 18.9. The third-order valence-electron chi connectivity index (χ3n) is 5.86. The van der Waals surface area contributed by atoms with Crippen LogP contribution in [0, 0.1) is 28.1 Å². The van der Waals surface area contributed by atoms with Crippen LogP contribution in [0.3, 0.4) is 0 Å². The summed E-state index contributed by atoms with van der Waals surface area (Å²) in [5, 5.41) is 20.2. The molecule has 0 radical (unpaired) electrons. The first-order valence-corrected chi connectivity index (χ1v) is 9.36. The maximum atomic E-state index is 12.4. The number of para-hydroxylation sites is 1. The molecule has 1 aliphatic carbocycles. The number of ether oxygens (including phenoxy) is 1. The fraction of sp³-hybridized carbons (Fsp3) is 0.333. The van der Waals surface area contributed by atoms with E-state index in [9.17, 15) is 15.2 Å². The molecule has 0 aromatic heterocycles. The molecule has 0 spiro atoms. The van der Waals surface area contributed by atoms with Gasteiger partial charge in [0, 0.05) is 5.92 Å². The maximum Gasteiger partial charge on any atom is 0.312 e. The van der Waals surface area contributed by atoms with Gasteiger partial charge in [0.2, 0.25) is 0 Å². The Bertz CT molecular complexity index is 951. The number of carboxylic acids is 1. The number of hydrogen-bond acceptors (Lipinski definition) is 3. The first-order chi connectivity index (χ1) is 13.2. The molecule has 1 fully saturated rings. The zero-order valence-electron chi connectivity index (χ0n) is 16.6. The lowest BCUT2D eigenvalue weighted by molar-refractivity contribution is -0.145. The molecule has 0 amide bonds. The number of carbonyl (C=O) groups is 1. The summed E-state index contributed by atoms with van der Waals surface area (Å²) < 4.78 is 5.88. The van der Waals surface area contributed by atoms with E-state index in [4.69, 9.17) is 4.74 Å². The Hall–Kier alpha value is -3.06. The second-order valence-electron chi connectivity index (χ2n) is 8.17. The smallest absolute Gasteiger partial charge is 0.312 e. The van der Waals surface area contributed by atoms with Crippen LogP contribution in [0.5, 0.6) is 11.5 Å². The van der Waals surface area contributed by atoms with Crippen LogP contribution in [-0.4, -0.2) is 11.1 Å². The summed E-state index contributed by atoms with van der Waals surface area (Å²) >= 11 is 0. The molecule has 3 atom stereocenters. The van der Waals surface area contributed by atoms with Crippen LogP contribution in [0.25, 0.3) is 0 Å². The lowest BCUT2D eigenvalue weighted by Gasteiger charge is -2.22. The molecule has 28 heavy (non-hydrogen) atoms. The predicted molar refractivity (Wildman–Crippen MR) is 108 cm³/mol. The van der Waals surface area contributed by atoms with Gasteiger partial charge in [-0.25, -0.2) is 0 Å². The minimum absolute atomic E-state index is 0.203. The number of benzene rings is 2. The van der Waals surface area contributed by atoms with Gasteiger partial charge in [-0.2, -0.15) is 5.26 Å². The van der Waals surface area contributed by atoms with E-state index in [1.165, 1.54) is 0 Å². The Labute approximate surface area is 166 Å². The van der Waals surface area contributed by atoms with Crippen molar-refractivity contribution >= 4 is 5.97 Å². The van der Waals surface area contributed by atoms with E-state index in [1.807, 2.05) is 76.2 Å². The first kappa shape index (κ1) is 19.7. The van der Waals surface area contributed by atoms with E-state index in [2.05, 4.69) is 6.07 Å². The van der Waals surface area contributed by atoms with Crippen molar-refractivity contribution < 1.29 is 14.6 Å². The second-order valence-corrected chi connectivity index (χ2v) is 8.17. The van der Waals surface area contributed by atoms with Crippen LogP contribution in [-0.2, 0) is 4.79 Å². The number of carboxylic acid groups (broad SMARTS) is 1. The Morgan fingerprint density at radius 1 is 1.14 bits per heavy atom. The van der Waals surface area contributed by atoms with Crippen molar-refractivity contribution in [3.63, 3.8) is 0 Å². The summed E-state index contributed by atoms with van der Waals surface area (Å²) in [6.45, 7) is 7.77. The molecule has 0 saturated heterocycles. The molecule has 4 heteroatoms. The van der Waals surface area contributed by atoms with E-state index in [0.29, 0.717) is 17.1 Å². The third kappa shape index (κ3) is 3.07. The van der Waals surface area contributed by atoms with Crippen LogP contribution in [0.15, 0.2) is 66.2 Å². The molecular weight excluding hydrogens is 350 g/mol. The van der Waals surface area contributed by atoms with Crippen molar-refractivity contribution in [2.24, 2.45) is 16.7 Å². The number of nitrogens with zero attached hydrogens (tertiary/aromatic N) is 1. The molecule has 3 rings (SSSR count). The van der Waals surface area contributed by atoms with Gasteiger partial charge < -0.3 is 9.84 Å². The van der Waals surface area contributed by atoms with Gasteiger partial charge in [-0.15, -0.1) is 0 Å². The highest BCUT2D eigenvalue weighted by molar-refractivity contribution is 5.84. The number of hydrogen-bond donors (Lipinski definition) is 1. The summed E-state index contributed by atoms with van der Waals surface area (Å²) in [7, 11) is 0. The van der Waals surface area contributed by atoms with Gasteiger partial charge in [0.1, 0.15) is 16.9 Å². The quantitative estimate of drug-likeness (QED) is 0.650. The minimum Gasteiger partial charge on any atom is -0.481 e. The molecule has 0 aliphatic heterocycles. The van der Waals surface area contributed by atoms with Crippen molar-refractivity contribution in [3.05, 3.63) is 71.8 Å². The highest BCUT2D eigenvalue weighted by atomic mass is 16.5. The van der Waals surface area contributed by atoms with Gasteiger partial charge >= 0.3 is 5.97 Å². The predicted octanol–water partition coefficient (Wildman–Crippen LogP) is 5.78. The Kier molecular flexibility index (Phi) is 5.04. The number of allylic oxidation sites excluding steroid dienone is 2. The molecule has 4 nitrogen and oxygen atoms in total. The standard InChI is InChI=1S/C24H25NO3/c1-16(2)13-21-23(3,4)24(21,22(26)27)20(15-25)17-9-8-12-19(14-17)28-18-10-6-5-7-11-18/h5-14,20-21H,1-4H3,(H,26,27). The number of aliphatic carboxylic acids is 1. The molecule has 3 unspecified atom stereocenters. The van der Waals surface area contributed by atoms with Crippen LogP contribution >= 0.6 is 0 Å². The summed E-state index contributed by atoms with van der Waals surface area (Å²) in [4.78, 5) is 12.4. The molecule has 2 aromatic rings. The van der Waals surface area contributed by atoms with E-state index < -0.39 is 22.7 Å². The Morgan fingerprint density at radius 3 is 2.36 bits per heavy atom. The van der Waals surface area contributed by atoms with Crippen molar-refractivity contribution in [1.82, 2.24) is 0 Å². The normalized spacial score (nSPS) is 23.2. The zero-order valence-corrected chi connectivity index (χ0v) is 16.6. The highest BCUT2D eigenvalue weighted by Gasteiger charge is 2.78. The van der Waals surface area contributed by atoms with Gasteiger partial charge in [-0.1, -0.05) is 55.8 Å².